The lowest BCUT2D eigenvalue weighted by Crippen LogP contribution is -2.03. The standard InChI is InChI=1S/C14H10BrN3O2/c15-9-1-4-13(8(5-9)7-16)18-10-2-3-11(14(19)20)12(17)6-10/h1-6,18H,17H2,(H,19,20). The molecule has 0 bridgehead atoms. The normalized spacial score (nSPS) is 9.80. The van der Waals surface area contributed by atoms with Gasteiger partial charge in [0.05, 0.1) is 16.8 Å². The number of rotatable bonds is 3. The van der Waals surface area contributed by atoms with Crippen LogP contribution in [0.3, 0.4) is 0 Å². The predicted molar refractivity (Wildman–Crippen MR) is 80.0 cm³/mol. The van der Waals surface area contributed by atoms with Crippen LogP contribution in [0.2, 0.25) is 0 Å². The van der Waals surface area contributed by atoms with Crippen molar-refractivity contribution in [1.29, 1.82) is 5.26 Å². The van der Waals surface area contributed by atoms with Crippen LogP contribution >= 0.6 is 15.9 Å². The predicted octanol–water partition coefficient (Wildman–Crippen LogP) is 3.34. The van der Waals surface area contributed by atoms with Gasteiger partial charge in [0.25, 0.3) is 0 Å². The summed E-state index contributed by atoms with van der Waals surface area (Å²) in [7, 11) is 0. The molecule has 6 heteroatoms. The topological polar surface area (TPSA) is 99.1 Å². The van der Waals surface area contributed by atoms with Crippen LogP contribution in [-0.4, -0.2) is 11.1 Å². The van der Waals surface area contributed by atoms with Crippen molar-refractivity contribution in [3.8, 4) is 6.07 Å². The molecule has 0 atom stereocenters. The fourth-order valence-corrected chi connectivity index (χ4v) is 2.07. The number of nitriles is 1. The molecule has 2 rings (SSSR count). The van der Waals surface area contributed by atoms with Crippen molar-refractivity contribution < 1.29 is 9.90 Å². The van der Waals surface area contributed by atoms with Crippen LogP contribution in [0.5, 0.6) is 0 Å². The summed E-state index contributed by atoms with van der Waals surface area (Å²) in [5.41, 5.74) is 7.60. The Morgan fingerprint density at radius 1 is 1.30 bits per heavy atom. The fourth-order valence-electron chi connectivity index (χ4n) is 1.71. The van der Waals surface area contributed by atoms with E-state index in [0.29, 0.717) is 16.9 Å². The van der Waals surface area contributed by atoms with E-state index in [4.69, 9.17) is 16.1 Å². The lowest BCUT2D eigenvalue weighted by atomic mass is 10.1. The average molecular weight is 332 g/mol. The number of hydrogen-bond donors (Lipinski definition) is 3. The zero-order valence-electron chi connectivity index (χ0n) is 10.2. The van der Waals surface area contributed by atoms with Crippen LogP contribution in [-0.2, 0) is 0 Å². The monoisotopic (exact) mass is 331 g/mol. The highest BCUT2D eigenvalue weighted by atomic mass is 79.9. The van der Waals surface area contributed by atoms with E-state index in [1.54, 1.807) is 24.3 Å². The van der Waals surface area contributed by atoms with Crippen molar-refractivity contribution in [1.82, 2.24) is 0 Å². The maximum Gasteiger partial charge on any atom is 0.337 e. The van der Waals surface area contributed by atoms with Gasteiger partial charge in [0.1, 0.15) is 6.07 Å². The molecular weight excluding hydrogens is 322 g/mol. The van der Waals surface area contributed by atoms with E-state index < -0.39 is 5.97 Å². The van der Waals surface area contributed by atoms with Crippen molar-refractivity contribution in [3.05, 3.63) is 52.0 Å². The highest BCUT2D eigenvalue weighted by molar-refractivity contribution is 9.10. The number of carboxylic acid groups (broad SMARTS) is 1. The number of nitrogens with two attached hydrogens (primary N) is 1. The minimum absolute atomic E-state index is 0.0480. The summed E-state index contributed by atoms with van der Waals surface area (Å²) >= 11 is 3.30. The average Bonchev–Trinajstić information content (AvgIpc) is 2.40. The second-order valence-electron chi connectivity index (χ2n) is 4.03. The van der Waals surface area contributed by atoms with Gasteiger partial charge in [0.15, 0.2) is 0 Å². The Hall–Kier alpha value is -2.52. The number of carbonyl (C=O) groups is 1. The molecule has 0 aromatic heterocycles. The molecule has 0 heterocycles. The summed E-state index contributed by atoms with van der Waals surface area (Å²) in [5, 5.41) is 21.0. The number of hydrogen-bond acceptors (Lipinski definition) is 4. The molecule has 2 aromatic rings. The van der Waals surface area contributed by atoms with Gasteiger partial charge in [-0.25, -0.2) is 4.79 Å². The van der Waals surface area contributed by atoms with Crippen molar-refractivity contribution in [2.75, 3.05) is 11.1 Å². The third-order valence-electron chi connectivity index (χ3n) is 2.66. The third-order valence-corrected chi connectivity index (χ3v) is 3.16. The summed E-state index contributed by atoms with van der Waals surface area (Å²) < 4.78 is 0.806. The van der Waals surface area contributed by atoms with Crippen LogP contribution in [0.15, 0.2) is 40.9 Å². The van der Waals surface area contributed by atoms with Gasteiger partial charge >= 0.3 is 5.97 Å². The van der Waals surface area contributed by atoms with Gasteiger partial charge in [-0.05, 0) is 36.4 Å². The number of anilines is 3. The Balaban J connectivity index is 2.34. The number of halogens is 1. The minimum atomic E-state index is -1.07. The summed E-state index contributed by atoms with van der Waals surface area (Å²) in [4.78, 5) is 10.9. The van der Waals surface area contributed by atoms with Crippen molar-refractivity contribution in [2.45, 2.75) is 0 Å². The molecule has 0 spiro atoms. The Labute approximate surface area is 123 Å². The zero-order chi connectivity index (χ0) is 14.7. The Morgan fingerprint density at radius 2 is 2.05 bits per heavy atom. The largest absolute Gasteiger partial charge is 0.478 e. The second-order valence-corrected chi connectivity index (χ2v) is 4.95. The highest BCUT2D eigenvalue weighted by Crippen LogP contribution is 2.26. The Kier molecular flexibility index (Phi) is 3.91. The first-order valence-corrected chi connectivity index (χ1v) is 6.40. The van der Waals surface area contributed by atoms with Crippen molar-refractivity contribution >= 4 is 39.0 Å². The van der Waals surface area contributed by atoms with Crippen LogP contribution in [0, 0.1) is 11.3 Å². The zero-order valence-corrected chi connectivity index (χ0v) is 11.8. The van der Waals surface area contributed by atoms with Crippen LogP contribution < -0.4 is 11.1 Å². The molecule has 0 unspecified atom stereocenters. The smallest absolute Gasteiger partial charge is 0.337 e. The molecule has 0 aliphatic heterocycles. The number of nitrogens with zero attached hydrogens (tertiary/aromatic N) is 1. The fraction of sp³-hybridized carbons (Fsp3) is 0. The number of benzene rings is 2. The van der Waals surface area contributed by atoms with Crippen LogP contribution in [0.1, 0.15) is 15.9 Å². The molecule has 2 aromatic carbocycles. The molecule has 0 aliphatic rings. The number of aromatic carboxylic acids is 1. The van der Waals surface area contributed by atoms with Crippen LogP contribution in [0.4, 0.5) is 17.1 Å². The van der Waals surface area contributed by atoms with Gasteiger partial charge in [0.2, 0.25) is 0 Å². The summed E-state index contributed by atoms with van der Waals surface area (Å²) in [5.74, 6) is -1.07. The first-order valence-electron chi connectivity index (χ1n) is 5.61. The quantitative estimate of drug-likeness (QED) is 0.749. The Bertz CT molecular complexity index is 723. The van der Waals surface area contributed by atoms with E-state index in [1.807, 2.05) is 0 Å². The third kappa shape index (κ3) is 2.90. The Morgan fingerprint density at radius 3 is 2.65 bits per heavy atom. The summed E-state index contributed by atoms with van der Waals surface area (Å²) in [6, 6.07) is 11.9. The van der Waals surface area contributed by atoms with Crippen LogP contribution in [0.25, 0.3) is 0 Å². The molecule has 4 N–H and O–H groups in total. The van der Waals surface area contributed by atoms with Gasteiger partial charge in [-0.2, -0.15) is 5.26 Å². The van der Waals surface area contributed by atoms with Crippen molar-refractivity contribution in [2.24, 2.45) is 0 Å². The molecule has 0 radical (unpaired) electrons. The summed E-state index contributed by atoms with van der Waals surface area (Å²) in [6.45, 7) is 0. The second kappa shape index (κ2) is 5.63. The van der Waals surface area contributed by atoms with Crippen molar-refractivity contribution in [3.63, 3.8) is 0 Å². The minimum Gasteiger partial charge on any atom is -0.478 e. The van der Waals surface area contributed by atoms with Gasteiger partial charge < -0.3 is 16.2 Å². The van der Waals surface area contributed by atoms with E-state index in [1.165, 1.54) is 12.1 Å². The molecule has 0 fully saturated rings. The van der Waals surface area contributed by atoms with Gasteiger partial charge in [-0.1, -0.05) is 15.9 Å². The molecule has 0 saturated carbocycles. The lowest BCUT2D eigenvalue weighted by molar-refractivity contribution is 0.0698. The van der Waals surface area contributed by atoms with E-state index in [-0.39, 0.29) is 11.3 Å². The SMILES string of the molecule is N#Cc1cc(Br)ccc1Nc1ccc(C(=O)O)c(N)c1. The van der Waals surface area contributed by atoms with E-state index in [2.05, 4.69) is 27.3 Å². The maximum absolute atomic E-state index is 10.9. The lowest BCUT2D eigenvalue weighted by Gasteiger charge is -2.10. The first kappa shape index (κ1) is 13.9. The number of carboxylic acids is 1. The molecule has 20 heavy (non-hydrogen) atoms. The molecule has 0 saturated heterocycles. The molecule has 100 valence electrons. The highest BCUT2D eigenvalue weighted by Gasteiger charge is 2.09. The number of nitrogen functional groups attached to an aromatic ring is 1. The van der Waals surface area contributed by atoms with E-state index in [0.717, 1.165) is 4.47 Å². The molecule has 5 nitrogen and oxygen atoms in total. The van der Waals surface area contributed by atoms with Gasteiger partial charge in [-0.3, -0.25) is 0 Å². The summed E-state index contributed by atoms with van der Waals surface area (Å²) in [6.07, 6.45) is 0. The van der Waals surface area contributed by atoms with E-state index >= 15 is 0 Å². The maximum atomic E-state index is 10.9. The molecule has 0 amide bonds. The van der Waals surface area contributed by atoms with E-state index in [9.17, 15) is 4.79 Å². The first-order chi connectivity index (χ1) is 9.51. The van der Waals surface area contributed by atoms with Gasteiger partial charge in [-0.15, -0.1) is 0 Å². The van der Waals surface area contributed by atoms with Gasteiger partial charge in [0, 0.05) is 15.8 Å². The number of nitrogens with one attached hydrogen (secondary N) is 1. The molecular formula is C14H10BrN3O2. The molecule has 0 aliphatic carbocycles.